The molecule has 1 aromatic carbocycles. The van der Waals surface area contributed by atoms with E-state index < -0.39 is 11.2 Å². The van der Waals surface area contributed by atoms with Crippen LogP contribution in [0.3, 0.4) is 0 Å². The van der Waals surface area contributed by atoms with Gasteiger partial charge in [0.05, 0.1) is 17.9 Å². The molecule has 0 aliphatic heterocycles. The van der Waals surface area contributed by atoms with E-state index in [9.17, 15) is 14.4 Å². The average molecular weight is 282 g/mol. The number of anilines is 1. The molecule has 0 radical (unpaired) electrons. The van der Waals surface area contributed by atoms with Gasteiger partial charge in [-0.25, -0.2) is 4.79 Å². The summed E-state index contributed by atoms with van der Waals surface area (Å²) in [6.07, 6.45) is 0. The Labute approximate surface area is 114 Å². The van der Waals surface area contributed by atoms with Crippen LogP contribution in [0.1, 0.15) is 17.3 Å². The largest absolute Gasteiger partial charge is 0.462 e. The molecule has 0 aromatic heterocycles. The zero-order chi connectivity index (χ0) is 14.3. The zero-order valence-electron chi connectivity index (χ0n) is 10.3. The van der Waals surface area contributed by atoms with Crippen molar-refractivity contribution in [2.24, 2.45) is 5.73 Å². The Bertz CT molecular complexity index is 473. The number of carbonyl (C=O) groups excluding carboxylic acids is 3. The molecular weight excluding hydrogens is 268 g/mol. The summed E-state index contributed by atoms with van der Waals surface area (Å²) in [5.41, 5.74) is 5.85. The van der Waals surface area contributed by atoms with Crippen molar-refractivity contribution in [1.29, 1.82) is 0 Å². The summed E-state index contributed by atoms with van der Waals surface area (Å²) in [7, 11) is 0. The number of esters is 1. The maximum atomic E-state index is 11.4. The summed E-state index contributed by atoms with van der Waals surface area (Å²) in [6.45, 7) is 2.03. The molecule has 0 aliphatic carbocycles. The van der Waals surface area contributed by atoms with E-state index in [1.165, 1.54) is 0 Å². The van der Waals surface area contributed by atoms with Gasteiger partial charge >= 0.3 is 5.97 Å². The molecule has 1 aromatic rings. The van der Waals surface area contributed by atoms with Crippen molar-refractivity contribution >= 4 is 34.6 Å². The fraction of sp³-hybridized carbons (Fsp3) is 0.250. The first-order valence-corrected chi connectivity index (χ1v) is 6.50. The number of hydrogen-bond acceptors (Lipinski definition) is 5. The fourth-order valence-electron chi connectivity index (χ4n) is 1.24. The third kappa shape index (κ3) is 5.43. The molecule has 19 heavy (non-hydrogen) atoms. The maximum Gasteiger partial charge on any atom is 0.338 e. The highest BCUT2D eigenvalue weighted by Crippen LogP contribution is 2.11. The van der Waals surface area contributed by atoms with Gasteiger partial charge in [-0.3, -0.25) is 9.59 Å². The van der Waals surface area contributed by atoms with E-state index in [0.29, 0.717) is 17.9 Å². The van der Waals surface area contributed by atoms with Crippen LogP contribution >= 0.6 is 11.8 Å². The molecule has 0 aliphatic rings. The van der Waals surface area contributed by atoms with Gasteiger partial charge in [0.2, 0.25) is 5.91 Å². The predicted octanol–water partition coefficient (Wildman–Crippen LogP) is 1.61. The van der Waals surface area contributed by atoms with E-state index in [4.69, 9.17) is 10.5 Å². The Balaban J connectivity index is 2.54. The second-order valence-corrected chi connectivity index (χ2v) is 4.43. The van der Waals surface area contributed by atoms with Gasteiger partial charge < -0.3 is 15.8 Å². The highest BCUT2D eigenvalue weighted by Gasteiger charge is 2.08. The van der Waals surface area contributed by atoms with Crippen molar-refractivity contribution in [2.45, 2.75) is 6.92 Å². The molecule has 3 N–H and O–H groups in total. The van der Waals surface area contributed by atoms with Crippen molar-refractivity contribution in [2.75, 3.05) is 17.7 Å². The lowest BCUT2D eigenvalue weighted by molar-refractivity contribution is -0.113. The van der Waals surface area contributed by atoms with Crippen molar-refractivity contribution in [3.63, 3.8) is 0 Å². The first kappa shape index (κ1) is 15.0. The van der Waals surface area contributed by atoms with Crippen molar-refractivity contribution in [1.82, 2.24) is 0 Å². The third-order valence-electron chi connectivity index (χ3n) is 2.03. The lowest BCUT2D eigenvalue weighted by Crippen LogP contribution is -2.17. The molecule has 0 bridgehead atoms. The minimum atomic E-state index is -0.604. The molecule has 0 saturated heterocycles. The summed E-state index contributed by atoms with van der Waals surface area (Å²) < 4.78 is 4.83. The number of rotatable bonds is 5. The lowest BCUT2D eigenvalue weighted by atomic mass is 10.2. The van der Waals surface area contributed by atoms with Crippen molar-refractivity contribution < 1.29 is 19.1 Å². The number of carbonyl (C=O) groups is 3. The number of hydrogen-bond donors (Lipinski definition) is 2. The van der Waals surface area contributed by atoms with E-state index in [2.05, 4.69) is 5.32 Å². The van der Waals surface area contributed by atoms with E-state index in [1.54, 1.807) is 31.2 Å². The first-order valence-electron chi connectivity index (χ1n) is 5.52. The number of nitrogens with two attached hydrogens (primary N) is 1. The van der Waals surface area contributed by atoms with E-state index in [0.717, 1.165) is 11.8 Å². The van der Waals surface area contributed by atoms with E-state index in [1.807, 2.05) is 0 Å². The van der Waals surface area contributed by atoms with Crippen LogP contribution in [0.25, 0.3) is 0 Å². The predicted molar refractivity (Wildman–Crippen MR) is 73.1 cm³/mol. The Kier molecular flexibility index (Phi) is 5.87. The normalized spacial score (nSPS) is 9.74. The van der Waals surface area contributed by atoms with Crippen LogP contribution in [0.2, 0.25) is 0 Å². The molecule has 0 unspecified atom stereocenters. The molecule has 0 heterocycles. The van der Waals surface area contributed by atoms with Crippen LogP contribution in [0.5, 0.6) is 0 Å². The molecular formula is C12H14N2O4S. The monoisotopic (exact) mass is 282 g/mol. The minimum absolute atomic E-state index is 0.0467. The van der Waals surface area contributed by atoms with Crippen LogP contribution in [0, 0.1) is 0 Å². The van der Waals surface area contributed by atoms with Crippen LogP contribution in [0.4, 0.5) is 10.5 Å². The Hall–Kier alpha value is -2.02. The number of amides is 2. The number of benzene rings is 1. The second kappa shape index (κ2) is 7.42. The van der Waals surface area contributed by atoms with Crippen LogP contribution in [-0.2, 0) is 9.53 Å². The standard InChI is InChI=1S/C12H14N2O4S/c1-2-18-11(16)8-3-5-9(6-4-8)14-10(15)7-19-12(13)17/h3-6H,2,7H2,1H3,(H2,13,17)(H,14,15). The number of primary amides is 1. The lowest BCUT2D eigenvalue weighted by Gasteiger charge is -2.05. The summed E-state index contributed by atoms with van der Waals surface area (Å²) >= 11 is 0.726. The summed E-state index contributed by atoms with van der Waals surface area (Å²) in [6, 6.07) is 6.27. The van der Waals surface area contributed by atoms with Gasteiger partial charge in [0, 0.05) is 5.69 Å². The molecule has 1 rings (SSSR count). The molecule has 0 atom stereocenters. The zero-order valence-corrected chi connectivity index (χ0v) is 11.2. The Morgan fingerprint density at radius 2 is 1.89 bits per heavy atom. The average Bonchev–Trinajstić information content (AvgIpc) is 2.37. The van der Waals surface area contributed by atoms with Gasteiger partial charge in [0.1, 0.15) is 0 Å². The molecule has 6 nitrogen and oxygen atoms in total. The maximum absolute atomic E-state index is 11.4. The molecule has 7 heteroatoms. The van der Waals surface area contributed by atoms with Gasteiger partial charge in [0.25, 0.3) is 5.24 Å². The second-order valence-electron chi connectivity index (χ2n) is 3.45. The highest BCUT2D eigenvalue weighted by atomic mass is 32.2. The number of nitrogens with one attached hydrogen (secondary N) is 1. The number of thioether (sulfide) groups is 1. The summed E-state index contributed by atoms with van der Waals surface area (Å²) in [4.78, 5) is 33.3. The van der Waals surface area contributed by atoms with Crippen LogP contribution in [-0.4, -0.2) is 29.5 Å². The summed E-state index contributed by atoms with van der Waals surface area (Å²) in [5, 5.41) is 1.97. The minimum Gasteiger partial charge on any atom is -0.462 e. The number of ether oxygens (including phenoxy) is 1. The van der Waals surface area contributed by atoms with Gasteiger partial charge in [-0.1, -0.05) is 11.8 Å². The SMILES string of the molecule is CCOC(=O)c1ccc(NC(=O)CSC(N)=O)cc1. The first-order chi connectivity index (χ1) is 9.02. The molecule has 0 fully saturated rings. The fourth-order valence-corrected chi connectivity index (χ4v) is 1.58. The van der Waals surface area contributed by atoms with E-state index >= 15 is 0 Å². The smallest absolute Gasteiger partial charge is 0.338 e. The Morgan fingerprint density at radius 3 is 2.42 bits per heavy atom. The molecule has 102 valence electrons. The topological polar surface area (TPSA) is 98.5 Å². The van der Waals surface area contributed by atoms with E-state index in [-0.39, 0.29) is 11.7 Å². The van der Waals surface area contributed by atoms with Gasteiger partial charge in [-0.05, 0) is 31.2 Å². The Morgan fingerprint density at radius 1 is 1.26 bits per heavy atom. The van der Waals surface area contributed by atoms with Gasteiger partial charge in [-0.2, -0.15) is 0 Å². The van der Waals surface area contributed by atoms with Gasteiger partial charge in [-0.15, -0.1) is 0 Å². The van der Waals surface area contributed by atoms with Crippen molar-refractivity contribution in [3.05, 3.63) is 29.8 Å². The van der Waals surface area contributed by atoms with Crippen LogP contribution in [0.15, 0.2) is 24.3 Å². The summed E-state index contributed by atoms with van der Waals surface area (Å²) in [5.74, 6) is -0.799. The highest BCUT2D eigenvalue weighted by molar-refractivity contribution is 8.14. The third-order valence-corrected chi connectivity index (χ3v) is 2.72. The molecule has 2 amide bonds. The van der Waals surface area contributed by atoms with Crippen LogP contribution < -0.4 is 11.1 Å². The van der Waals surface area contributed by atoms with Gasteiger partial charge in [0.15, 0.2) is 0 Å². The van der Waals surface area contributed by atoms with Crippen molar-refractivity contribution in [3.8, 4) is 0 Å². The quantitative estimate of drug-likeness (QED) is 0.799. The molecule has 0 spiro atoms. The molecule has 0 saturated carbocycles.